The van der Waals surface area contributed by atoms with Gasteiger partial charge in [0.1, 0.15) is 5.82 Å². The van der Waals surface area contributed by atoms with Gasteiger partial charge in [-0.2, -0.15) is 0 Å². The molecule has 16 heavy (non-hydrogen) atoms. The average molecular weight is 221 g/mol. The van der Waals surface area contributed by atoms with Crippen LogP contribution in [0.3, 0.4) is 0 Å². The Morgan fingerprint density at radius 1 is 1.44 bits per heavy atom. The van der Waals surface area contributed by atoms with Crippen molar-refractivity contribution in [2.45, 2.75) is 39.7 Å². The molecule has 0 aliphatic heterocycles. The van der Waals surface area contributed by atoms with Crippen molar-refractivity contribution in [2.75, 3.05) is 11.9 Å². The van der Waals surface area contributed by atoms with Crippen LogP contribution in [0.2, 0.25) is 0 Å². The highest BCUT2D eigenvalue weighted by molar-refractivity contribution is 5.38. The van der Waals surface area contributed by atoms with Crippen LogP contribution >= 0.6 is 0 Å². The molecule has 0 aliphatic carbocycles. The summed E-state index contributed by atoms with van der Waals surface area (Å²) in [4.78, 5) is 4.45. The first kappa shape index (κ1) is 13.0. The Kier molecular flexibility index (Phi) is 4.30. The number of anilines is 1. The van der Waals surface area contributed by atoms with Gasteiger partial charge in [0.15, 0.2) is 0 Å². The second-order valence-corrected chi connectivity index (χ2v) is 5.15. The van der Waals surface area contributed by atoms with Crippen LogP contribution < -0.4 is 11.1 Å². The maximum Gasteiger partial charge on any atom is 0.126 e. The minimum absolute atomic E-state index is 0.0744. The second kappa shape index (κ2) is 5.30. The van der Waals surface area contributed by atoms with Gasteiger partial charge in [-0.1, -0.05) is 19.9 Å². The standard InChI is InChI=1S/C13H23N3/c1-10(2)8-13(4,9-14)16-12-7-5-6-11(3)15-12/h5-7,10H,8-9,14H2,1-4H3,(H,15,16). The smallest absolute Gasteiger partial charge is 0.126 e. The molecule has 3 N–H and O–H groups in total. The van der Waals surface area contributed by atoms with E-state index in [2.05, 4.69) is 31.1 Å². The lowest BCUT2D eigenvalue weighted by Gasteiger charge is -2.31. The number of aryl methyl sites for hydroxylation is 1. The molecule has 0 saturated carbocycles. The van der Waals surface area contributed by atoms with Crippen LogP contribution in [0.15, 0.2) is 18.2 Å². The Hall–Kier alpha value is -1.09. The lowest BCUT2D eigenvalue weighted by molar-refractivity contribution is 0.406. The summed E-state index contributed by atoms with van der Waals surface area (Å²) in [6.07, 6.45) is 1.04. The summed E-state index contributed by atoms with van der Waals surface area (Å²) in [5.41, 5.74) is 6.80. The molecule has 0 fully saturated rings. The molecule has 0 aromatic carbocycles. The monoisotopic (exact) mass is 221 g/mol. The van der Waals surface area contributed by atoms with Crippen molar-refractivity contribution in [1.29, 1.82) is 0 Å². The maximum atomic E-state index is 5.85. The summed E-state index contributed by atoms with van der Waals surface area (Å²) in [6, 6.07) is 5.99. The van der Waals surface area contributed by atoms with E-state index in [1.54, 1.807) is 0 Å². The highest BCUT2D eigenvalue weighted by Gasteiger charge is 2.23. The third-order valence-electron chi connectivity index (χ3n) is 2.63. The highest BCUT2D eigenvalue weighted by atomic mass is 15.1. The van der Waals surface area contributed by atoms with Crippen molar-refractivity contribution in [3.8, 4) is 0 Å². The Morgan fingerprint density at radius 3 is 2.62 bits per heavy atom. The van der Waals surface area contributed by atoms with Crippen molar-refractivity contribution < 1.29 is 0 Å². The van der Waals surface area contributed by atoms with E-state index in [0.717, 1.165) is 17.9 Å². The van der Waals surface area contributed by atoms with Crippen molar-refractivity contribution >= 4 is 5.82 Å². The minimum atomic E-state index is -0.0744. The third-order valence-corrected chi connectivity index (χ3v) is 2.63. The van der Waals surface area contributed by atoms with Crippen molar-refractivity contribution in [2.24, 2.45) is 11.7 Å². The fourth-order valence-corrected chi connectivity index (χ4v) is 2.01. The number of nitrogens with two attached hydrogens (primary N) is 1. The average Bonchev–Trinajstić information content (AvgIpc) is 2.16. The zero-order chi connectivity index (χ0) is 12.2. The fourth-order valence-electron chi connectivity index (χ4n) is 2.01. The molecule has 0 radical (unpaired) electrons. The highest BCUT2D eigenvalue weighted by Crippen LogP contribution is 2.20. The summed E-state index contributed by atoms with van der Waals surface area (Å²) in [5, 5.41) is 3.44. The molecule has 0 spiro atoms. The van der Waals surface area contributed by atoms with Crippen LogP contribution in [-0.4, -0.2) is 17.1 Å². The van der Waals surface area contributed by atoms with E-state index in [1.165, 1.54) is 0 Å². The Bertz CT molecular complexity index is 336. The van der Waals surface area contributed by atoms with Gasteiger partial charge in [0, 0.05) is 17.8 Å². The first-order valence-electron chi connectivity index (χ1n) is 5.87. The number of nitrogens with zero attached hydrogens (tertiary/aromatic N) is 1. The number of hydrogen-bond acceptors (Lipinski definition) is 3. The molecule has 1 unspecified atom stereocenters. The molecule has 1 aromatic rings. The molecule has 90 valence electrons. The predicted octanol–water partition coefficient (Wildman–Crippen LogP) is 2.57. The number of nitrogens with one attached hydrogen (secondary N) is 1. The fraction of sp³-hybridized carbons (Fsp3) is 0.615. The lowest BCUT2D eigenvalue weighted by atomic mass is 9.91. The summed E-state index contributed by atoms with van der Waals surface area (Å²) < 4.78 is 0. The van der Waals surface area contributed by atoms with E-state index in [1.807, 2.05) is 25.1 Å². The second-order valence-electron chi connectivity index (χ2n) is 5.15. The first-order valence-corrected chi connectivity index (χ1v) is 5.87. The molecule has 1 heterocycles. The van der Waals surface area contributed by atoms with E-state index in [4.69, 9.17) is 5.73 Å². The summed E-state index contributed by atoms with van der Waals surface area (Å²) in [5.74, 6) is 1.53. The predicted molar refractivity (Wildman–Crippen MR) is 69.5 cm³/mol. The summed E-state index contributed by atoms with van der Waals surface area (Å²) >= 11 is 0. The molecule has 0 amide bonds. The SMILES string of the molecule is Cc1cccc(NC(C)(CN)CC(C)C)n1. The van der Waals surface area contributed by atoms with Crippen molar-refractivity contribution in [1.82, 2.24) is 4.98 Å². The summed E-state index contributed by atoms with van der Waals surface area (Å²) in [6.45, 7) is 9.17. The van der Waals surface area contributed by atoms with Gasteiger partial charge in [0.2, 0.25) is 0 Å². The number of hydrogen-bond donors (Lipinski definition) is 2. The van der Waals surface area contributed by atoms with Gasteiger partial charge in [0.05, 0.1) is 0 Å². The van der Waals surface area contributed by atoms with E-state index in [-0.39, 0.29) is 5.54 Å². The van der Waals surface area contributed by atoms with E-state index >= 15 is 0 Å². The zero-order valence-corrected chi connectivity index (χ0v) is 10.7. The molecule has 1 rings (SSSR count). The zero-order valence-electron chi connectivity index (χ0n) is 10.7. The van der Waals surface area contributed by atoms with Crippen LogP contribution in [0, 0.1) is 12.8 Å². The molecule has 3 heteroatoms. The Labute approximate surface area is 98.5 Å². The van der Waals surface area contributed by atoms with E-state index in [0.29, 0.717) is 12.5 Å². The molecule has 1 aromatic heterocycles. The molecular formula is C13H23N3. The van der Waals surface area contributed by atoms with Gasteiger partial charge < -0.3 is 11.1 Å². The van der Waals surface area contributed by atoms with E-state index < -0.39 is 0 Å². The van der Waals surface area contributed by atoms with Crippen LogP contribution in [-0.2, 0) is 0 Å². The molecule has 0 aliphatic rings. The normalized spacial score (nSPS) is 14.9. The first-order chi connectivity index (χ1) is 7.45. The number of rotatable bonds is 5. The van der Waals surface area contributed by atoms with Gasteiger partial charge in [-0.3, -0.25) is 0 Å². The topological polar surface area (TPSA) is 50.9 Å². The van der Waals surface area contributed by atoms with Gasteiger partial charge in [-0.05, 0) is 38.3 Å². The van der Waals surface area contributed by atoms with Gasteiger partial charge in [-0.15, -0.1) is 0 Å². The van der Waals surface area contributed by atoms with Crippen LogP contribution in [0.1, 0.15) is 32.9 Å². The third kappa shape index (κ3) is 3.81. The van der Waals surface area contributed by atoms with Gasteiger partial charge >= 0.3 is 0 Å². The summed E-state index contributed by atoms with van der Waals surface area (Å²) in [7, 11) is 0. The number of aromatic nitrogens is 1. The number of pyridine rings is 1. The molecule has 0 saturated heterocycles. The Morgan fingerprint density at radius 2 is 2.12 bits per heavy atom. The maximum absolute atomic E-state index is 5.85. The van der Waals surface area contributed by atoms with Crippen LogP contribution in [0.25, 0.3) is 0 Å². The minimum Gasteiger partial charge on any atom is -0.364 e. The lowest BCUT2D eigenvalue weighted by Crippen LogP contribution is -2.43. The van der Waals surface area contributed by atoms with Crippen molar-refractivity contribution in [3.05, 3.63) is 23.9 Å². The van der Waals surface area contributed by atoms with E-state index in [9.17, 15) is 0 Å². The molecule has 1 atom stereocenters. The van der Waals surface area contributed by atoms with Crippen molar-refractivity contribution in [3.63, 3.8) is 0 Å². The van der Waals surface area contributed by atoms with Gasteiger partial charge in [0.25, 0.3) is 0 Å². The molecular weight excluding hydrogens is 198 g/mol. The Balaban J connectivity index is 2.76. The van der Waals surface area contributed by atoms with Gasteiger partial charge in [-0.25, -0.2) is 4.98 Å². The van der Waals surface area contributed by atoms with Crippen LogP contribution in [0.4, 0.5) is 5.82 Å². The largest absolute Gasteiger partial charge is 0.364 e. The molecule has 0 bridgehead atoms. The van der Waals surface area contributed by atoms with Crippen LogP contribution in [0.5, 0.6) is 0 Å². The quantitative estimate of drug-likeness (QED) is 0.803. The molecule has 3 nitrogen and oxygen atoms in total.